The molecule has 1 aromatic rings. The molecule has 2 rings (SSSR count). The van der Waals surface area contributed by atoms with Crippen molar-refractivity contribution in [2.24, 2.45) is 11.8 Å². The highest BCUT2D eigenvalue weighted by Crippen LogP contribution is 2.44. The van der Waals surface area contributed by atoms with E-state index < -0.39 is 16.6 Å². The van der Waals surface area contributed by atoms with Gasteiger partial charge in [-0.05, 0) is 99.6 Å². The van der Waals surface area contributed by atoms with E-state index in [1.807, 2.05) is 6.92 Å². The molecule has 1 aromatic carbocycles. The number of nitrogens with one attached hydrogen (secondary N) is 1. The maximum atomic E-state index is 11.8. The molecule has 0 spiro atoms. The van der Waals surface area contributed by atoms with E-state index in [-0.39, 0.29) is 28.2 Å². The van der Waals surface area contributed by atoms with Crippen LogP contribution < -0.4 is 5.32 Å². The van der Waals surface area contributed by atoms with Crippen molar-refractivity contribution >= 4 is 22.5 Å². The van der Waals surface area contributed by atoms with Crippen LogP contribution in [0.5, 0.6) is 0 Å². The number of rotatable bonds is 16. The fourth-order valence-electron chi connectivity index (χ4n) is 5.33. The van der Waals surface area contributed by atoms with Gasteiger partial charge < -0.3 is 14.2 Å². The lowest BCUT2D eigenvalue weighted by Gasteiger charge is -2.40. The summed E-state index contributed by atoms with van der Waals surface area (Å²) in [6, 6.07) is 10.8. The molecule has 1 aliphatic carbocycles. The highest BCUT2D eigenvalue weighted by atomic mass is 28.4. The van der Waals surface area contributed by atoms with E-state index in [0.29, 0.717) is 24.8 Å². The topological polar surface area (TPSA) is 47.6 Å². The van der Waals surface area contributed by atoms with Crippen molar-refractivity contribution in [3.63, 3.8) is 0 Å². The van der Waals surface area contributed by atoms with Gasteiger partial charge in [-0.3, -0.25) is 4.79 Å². The lowest BCUT2D eigenvalue weighted by atomic mass is 9.90. The fraction of sp³-hybridized carbons (Fsp3) is 0.703. The number of hydrogen-bond donors (Lipinski definition) is 1. The Morgan fingerprint density at radius 1 is 0.977 bits per heavy atom. The first-order valence-electron chi connectivity index (χ1n) is 17.0. The zero-order valence-electron chi connectivity index (χ0n) is 29.6. The van der Waals surface area contributed by atoms with Gasteiger partial charge in [-0.25, -0.2) is 0 Å². The molecule has 43 heavy (non-hydrogen) atoms. The number of allylic oxidation sites excluding steroid dienone is 2. The standard InChI is InChI=1S/C37H65NO3Si2/c1-12-38-35(39)23-19-14-13-18-22-31-25-29-34(41-43(10,11)37(5,6)7)33(31)28-27-32(40-42(8,9)36(2,3)4)26-24-30-20-16-15-17-21-30/h13,15-18,20-21,27-28,31-34H,12,14,19,22-26,29H2,1-11H3,(H,38,39)/b18-13-,28-27+/t31-,32-,33+,34+/m0/s1. The van der Waals surface area contributed by atoms with Gasteiger partial charge in [0.1, 0.15) is 0 Å². The summed E-state index contributed by atoms with van der Waals surface area (Å²) in [7, 11) is -3.84. The number of aryl methyl sites for hydroxylation is 1. The third kappa shape index (κ3) is 12.4. The molecule has 1 N–H and O–H groups in total. The quantitative estimate of drug-likeness (QED) is 0.113. The van der Waals surface area contributed by atoms with Crippen LogP contribution in [0.25, 0.3) is 0 Å². The summed E-state index contributed by atoms with van der Waals surface area (Å²) in [4.78, 5) is 11.8. The number of amides is 1. The van der Waals surface area contributed by atoms with E-state index in [2.05, 4.69) is 128 Å². The third-order valence-corrected chi connectivity index (χ3v) is 19.2. The van der Waals surface area contributed by atoms with Crippen molar-refractivity contribution in [1.29, 1.82) is 0 Å². The maximum absolute atomic E-state index is 11.8. The third-order valence-electron chi connectivity index (χ3n) is 10.2. The minimum atomic E-state index is -1.94. The summed E-state index contributed by atoms with van der Waals surface area (Å²) in [5.41, 5.74) is 1.37. The second-order valence-corrected chi connectivity index (χ2v) is 25.2. The van der Waals surface area contributed by atoms with Gasteiger partial charge in [-0.15, -0.1) is 0 Å². The van der Waals surface area contributed by atoms with Crippen molar-refractivity contribution in [3.8, 4) is 0 Å². The molecule has 4 atom stereocenters. The number of unbranched alkanes of at least 4 members (excludes halogenated alkanes) is 1. The van der Waals surface area contributed by atoms with Crippen LogP contribution in [0.2, 0.25) is 36.3 Å². The largest absolute Gasteiger partial charge is 0.413 e. The van der Waals surface area contributed by atoms with Crippen LogP contribution in [-0.4, -0.2) is 41.3 Å². The van der Waals surface area contributed by atoms with Crippen molar-refractivity contribution in [1.82, 2.24) is 5.32 Å². The number of hydrogen-bond acceptors (Lipinski definition) is 3. The van der Waals surface area contributed by atoms with E-state index in [1.54, 1.807) is 0 Å². The maximum Gasteiger partial charge on any atom is 0.219 e. The van der Waals surface area contributed by atoms with E-state index in [1.165, 1.54) is 12.0 Å². The van der Waals surface area contributed by atoms with Crippen molar-refractivity contribution in [2.75, 3.05) is 6.54 Å². The van der Waals surface area contributed by atoms with Crippen molar-refractivity contribution < 1.29 is 13.6 Å². The molecule has 0 unspecified atom stereocenters. The average molecular weight is 628 g/mol. The SMILES string of the molecule is CCNC(=O)CCC/C=C\C[C@H]1CC[C@@H](O[Si](C)(C)C(C)(C)C)[C@@H]1/C=C/[C@H](CCc1ccccc1)O[Si](C)(C)C(C)(C)C. The van der Waals surface area contributed by atoms with E-state index in [0.717, 1.165) is 38.5 Å². The average Bonchev–Trinajstić information content (AvgIpc) is 3.27. The Labute approximate surface area is 267 Å². The summed E-state index contributed by atoms with van der Waals surface area (Å²) >= 11 is 0. The molecule has 0 bridgehead atoms. The van der Waals surface area contributed by atoms with Crippen LogP contribution in [0.3, 0.4) is 0 Å². The molecule has 0 radical (unpaired) electrons. The Kier molecular flexibility index (Phi) is 14.7. The van der Waals surface area contributed by atoms with E-state index >= 15 is 0 Å². The van der Waals surface area contributed by atoms with E-state index in [4.69, 9.17) is 8.85 Å². The Bertz CT molecular complexity index is 1020. The van der Waals surface area contributed by atoms with Crippen LogP contribution in [-0.2, 0) is 20.1 Å². The van der Waals surface area contributed by atoms with Gasteiger partial charge in [-0.2, -0.15) is 0 Å². The van der Waals surface area contributed by atoms with Crippen molar-refractivity contribution in [3.05, 3.63) is 60.2 Å². The lowest BCUT2D eigenvalue weighted by molar-refractivity contribution is -0.121. The fourth-order valence-corrected chi connectivity index (χ4v) is 8.02. The first kappa shape index (κ1) is 37.7. The van der Waals surface area contributed by atoms with Crippen LogP contribution in [0, 0.1) is 11.8 Å². The molecule has 1 aliphatic rings. The summed E-state index contributed by atoms with van der Waals surface area (Å²) in [6.45, 7) is 26.2. The Morgan fingerprint density at radius 3 is 2.23 bits per heavy atom. The number of benzene rings is 1. The summed E-state index contributed by atoms with van der Waals surface area (Å²) in [6.07, 6.45) is 17.7. The zero-order valence-corrected chi connectivity index (χ0v) is 31.6. The first-order valence-corrected chi connectivity index (χ1v) is 22.8. The van der Waals surface area contributed by atoms with E-state index in [9.17, 15) is 4.79 Å². The predicted molar refractivity (Wildman–Crippen MR) is 191 cm³/mol. The van der Waals surface area contributed by atoms with Gasteiger partial charge in [0.2, 0.25) is 5.91 Å². The highest BCUT2D eigenvalue weighted by Gasteiger charge is 2.44. The van der Waals surface area contributed by atoms with Gasteiger partial charge in [0, 0.05) is 18.9 Å². The normalized spacial score (nSPS) is 21.1. The van der Waals surface area contributed by atoms with Gasteiger partial charge in [0.15, 0.2) is 16.6 Å². The molecular weight excluding hydrogens is 563 g/mol. The Morgan fingerprint density at radius 2 is 1.63 bits per heavy atom. The minimum Gasteiger partial charge on any atom is -0.413 e. The second-order valence-electron chi connectivity index (χ2n) is 15.7. The molecule has 0 saturated heterocycles. The summed E-state index contributed by atoms with van der Waals surface area (Å²) in [5.74, 6) is 1.11. The van der Waals surface area contributed by atoms with Gasteiger partial charge in [0.05, 0.1) is 12.2 Å². The first-order chi connectivity index (χ1) is 20.0. The molecule has 4 nitrogen and oxygen atoms in total. The van der Waals surface area contributed by atoms with Crippen molar-refractivity contribution in [2.45, 2.75) is 148 Å². The molecule has 1 amide bonds. The summed E-state index contributed by atoms with van der Waals surface area (Å²) in [5, 5.41) is 3.25. The van der Waals surface area contributed by atoms with Crippen LogP contribution in [0.4, 0.5) is 0 Å². The monoisotopic (exact) mass is 627 g/mol. The molecular formula is C37H65NO3Si2. The highest BCUT2D eigenvalue weighted by molar-refractivity contribution is 6.74. The zero-order chi connectivity index (χ0) is 32.3. The predicted octanol–water partition coefficient (Wildman–Crippen LogP) is 10.2. The van der Waals surface area contributed by atoms with Gasteiger partial charge >= 0.3 is 0 Å². The smallest absolute Gasteiger partial charge is 0.219 e. The molecule has 0 aliphatic heterocycles. The van der Waals surface area contributed by atoms with Crippen LogP contribution in [0.15, 0.2) is 54.6 Å². The molecule has 244 valence electrons. The van der Waals surface area contributed by atoms with Gasteiger partial charge in [-0.1, -0.05) is 96.2 Å². The molecule has 1 saturated carbocycles. The number of carbonyl (C=O) groups excluding carboxylic acids is 1. The Balaban J connectivity index is 2.24. The Hall–Kier alpha value is -1.48. The molecule has 0 heterocycles. The molecule has 1 fully saturated rings. The van der Waals surface area contributed by atoms with Crippen LogP contribution in [0.1, 0.15) is 99.0 Å². The lowest BCUT2D eigenvalue weighted by Crippen LogP contribution is -2.45. The number of carbonyl (C=O) groups is 1. The van der Waals surface area contributed by atoms with Gasteiger partial charge in [0.25, 0.3) is 0 Å². The summed E-state index contributed by atoms with van der Waals surface area (Å²) < 4.78 is 14.1. The minimum absolute atomic E-state index is 0.0979. The second kappa shape index (κ2) is 16.7. The van der Waals surface area contributed by atoms with Crippen LogP contribution >= 0.6 is 0 Å². The molecule has 6 heteroatoms. The molecule has 0 aromatic heterocycles.